The molecule has 110 valence electrons. The van der Waals surface area contributed by atoms with Crippen LogP contribution in [0.15, 0.2) is 24.3 Å². The van der Waals surface area contributed by atoms with E-state index in [0.29, 0.717) is 12.5 Å². The smallest absolute Gasteiger partial charge is 0.273 e. The second-order valence-electron chi connectivity index (χ2n) is 5.86. The molecule has 0 radical (unpaired) electrons. The number of nitrogens with zero attached hydrogens (tertiary/aromatic N) is 3. The molecule has 1 fully saturated rings. The molecule has 0 saturated carbocycles. The number of benzene rings is 1. The van der Waals surface area contributed by atoms with Crippen LogP contribution in [0.1, 0.15) is 19.4 Å². The van der Waals surface area contributed by atoms with Crippen molar-refractivity contribution in [2.24, 2.45) is 5.92 Å². The summed E-state index contributed by atoms with van der Waals surface area (Å²) >= 11 is 0. The number of nitro groups is 1. The third kappa shape index (κ3) is 4.02. The van der Waals surface area contributed by atoms with Gasteiger partial charge in [0.1, 0.15) is 0 Å². The molecule has 20 heavy (non-hydrogen) atoms. The minimum absolute atomic E-state index is 0.233. The van der Waals surface area contributed by atoms with E-state index in [0.717, 1.165) is 38.3 Å². The van der Waals surface area contributed by atoms with Crippen molar-refractivity contribution < 1.29 is 4.92 Å². The van der Waals surface area contributed by atoms with Crippen molar-refractivity contribution in [2.75, 3.05) is 32.7 Å². The van der Waals surface area contributed by atoms with E-state index in [2.05, 4.69) is 23.6 Å². The number of para-hydroxylation sites is 1. The fraction of sp³-hybridized carbons (Fsp3) is 0.600. The summed E-state index contributed by atoms with van der Waals surface area (Å²) in [5.74, 6) is 0.691. The fourth-order valence-corrected chi connectivity index (χ4v) is 2.71. The molecule has 0 unspecified atom stereocenters. The number of piperazine rings is 1. The molecule has 0 amide bonds. The Morgan fingerprint density at radius 3 is 2.35 bits per heavy atom. The molecule has 1 aromatic rings. The molecular weight excluding hydrogens is 254 g/mol. The largest absolute Gasteiger partial charge is 0.301 e. The molecule has 1 heterocycles. The second kappa shape index (κ2) is 6.81. The zero-order valence-electron chi connectivity index (χ0n) is 12.3. The number of hydrogen-bond donors (Lipinski definition) is 0. The lowest BCUT2D eigenvalue weighted by Crippen LogP contribution is -2.46. The Hall–Kier alpha value is -1.46. The van der Waals surface area contributed by atoms with Crippen molar-refractivity contribution in [1.82, 2.24) is 9.80 Å². The molecule has 0 aromatic heterocycles. The van der Waals surface area contributed by atoms with Crippen molar-refractivity contribution in [3.63, 3.8) is 0 Å². The molecule has 0 N–H and O–H groups in total. The van der Waals surface area contributed by atoms with Gasteiger partial charge >= 0.3 is 0 Å². The summed E-state index contributed by atoms with van der Waals surface area (Å²) in [5, 5.41) is 11.0. The highest BCUT2D eigenvalue weighted by Crippen LogP contribution is 2.20. The van der Waals surface area contributed by atoms with Gasteiger partial charge in [-0.15, -0.1) is 0 Å². The first-order valence-electron chi connectivity index (χ1n) is 7.23. The summed E-state index contributed by atoms with van der Waals surface area (Å²) in [6.07, 6.45) is 0. The first kappa shape index (κ1) is 14.9. The lowest BCUT2D eigenvalue weighted by atomic mass is 10.1. The molecular formula is C15H23N3O2. The molecule has 1 aromatic carbocycles. The van der Waals surface area contributed by atoms with Gasteiger partial charge in [0, 0.05) is 50.9 Å². The van der Waals surface area contributed by atoms with Crippen LogP contribution >= 0.6 is 0 Å². The van der Waals surface area contributed by atoms with E-state index in [9.17, 15) is 10.1 Å². The van der Waals surface area contributed by atoms with E-state index in [1.54, 1.807) is 12.1 Å². The summed E-state index contributed by atoms with van der Waals surface area (Å²) in [7, 11) is 0. The Labute approximate surface area is 120 Å². The van der Waals surface area contributed by atoms with Crippen LogP contribution < -0.4 is 0 Å². The summed E-state index contributed by atoms with van der Waals surface area (Å²) < 4.78 is 0. The first-order chi connectivity index (χ1) is 9.56. The highest BCUT2D eigenvalue weighted by Gasteiger charge is 2.20. The molecule has 0 aliphatic carbocycles. The minimum Gasteiger partial charge on any atom is -0.301 e. The molecule has 2 rings (SSSR count). The predicted octanol–water partition coefficient (Wildman–Crippen LogP) is 2.37. The van der Waals surface area contributed by atoms with Crippen molar-refractivity contribution in [1.29, 1.82) is 0 Å². The van der Waals surface area contributed by atoms with Gasteiger partial charge in [-0.25, -0.2) is 0 Å². The van der Waals surface area contributed by atoms with E-state index < -0.39 is 0 Å². The maximum absolute atomic E-state index is 11.0. The fourth-order valence-electron chi connectivity index (χ4n) is 2.71. The quantitative estimate of drug-likeness (QED) is 0.612. The van der Waals surface area contributed by atoms with Gasteiger partial charge in [0.05, 0.1) is 4.92 Å². The molecule has 1 saturated heterocycles. The van der Waals surface area contributed by atoms with Crippen molar-refractivity contribution in [3.8, 4) is 0 Å². The Bertz CT molecular complexity index is 454. The average Bonchev–Trinajstić information content (AvgIpc) is 2.41. The number of nitro benzene ring substituents is 1. The van der Waals surface area contributed by atoms with Gasteiger partial charge in [0.25, 0.3) is 5.69 Å². The van der Waals surface area contributed by atoms with Crippen LogP contribution in [0.4, 0.5) is 5.69 Å². The SMILES string of the molecule is CC(C)CN1CCN(Cc2ccccc2[N+](=O)[O-])CC1. The summed E-state index contributed by atoms with van der Waals surface area (Å²) in [5.41, 5.74) is 1.05. The van der Waals surface area contributed by atoms with Crippen LogP contribution in [-0.4, -0.2) is 47.4 Å². The highest BCUT2D eigenvalue weighted by atomic mass is 16.6. The van der Waals surface area contributed by atoms with Gasteiger partial charge < -0.3 is 4.90 Å². The Morgan fingerprint density at radius 2 is 1.75 bits per heavy atom. The summed E-state index contributed by atoms with van der Waals surface area (Å²) in [6, 6.07) is 7.04. The zero-order valence-corrected chi connectivity index (χ0v) is 12.3. The van der Waals surface area contributed by atoms with Gasteiger partial charge in [-0.3, -0.25) is 15.0 Å². The van der Waals surface area contributed by atoms with Gasteiger partial charge in [-0.2, -0.15) is 0 Å². The summed E-state index contributed by atoms with van der Waals surface area (Å²) in [6.45, 7) is 10.4. The van der Waals surface area contributed by atoms with Gasteiger partial charge in [-0.1, -0.05) is 32.0 Å². The lowest BCUT2D eigenvalue weighted by Gasteiger charge is -2.35. The normalized spacial score (nSPS) is 17.6. The van der Waals surface area contributed by atoms with E-state index in [1.165, 1.54) is 0 Å². The van der Waals surface area contributed by atoms with Crippen LogP contribution in [0.2, 0.25) is 0 Å². The molecule has 5 nitrogen and oxygen atoms in total. The first-order valence-corrected chi connectivity index (χ1v) is 7.23. The van der Waals surface area contributed by atoms with Gasteiger partial charge in [-0.05, 0) is 5.92 Å². The third-order valence-electron chi connectivity index (χ3n) is 3.67. The van der Waals surface area contributed by atoms with Crippen LogP contribution in [0.25, 0.3) is 0 Å². The standard InChI is InChI=1S/C15H23N3O2/c1-13(2)11-16-7-9-17(10-8-16)12-14-5-3-4-6-15(14)18(19)20/h3-6,13H,7-12H2,1-2H3. The maximum Gasteiger partial charge on any atom is 0.273 e. The van der Waals surface area contributed by atoms with Crippen molar-refractivity contribution in [2.45, 2.75) is 20.4 Å². The molecule has 0 bridgehead atoms. The van der Waals surface area contributed by atoms with E-state index in [-0.39, 0.29) is 10.6 Å². The molecule has 1 aliphatic rings. The molecule has 0 spiro atoms. The van der Waals surface area contributed by atoms with Crippen LogP contribution in [0, 0.1) is 16.0 Å². The van der Waals surface area contributed by atoms with E-state index >= 15 is 0 Å². The van der Waals surface area contributed by atoms with Crippen LogP contribution in [-0.2, 0) is 6.54 Å². The maximum atomic E-state index is 11.0. The Morgan fingerprint density at radius 1 is 1.15 bits per heavy atom. The Kier molecular flexibility index (Phi) is 5.09. The van der Waals surface area contributed by atoms with E-state index in [4.69, 9.17) is 0 Å². The monoisotopic (exact) mass is 277 g/mol. The van der Waals surface area contributed by atoms with Crippen molar-refractivity contribution >= 4 is 5.69 Å². The molecule has 5 heteroatoms. The lowest BCUT2D eigenvalue weighted by molar-refractivity contribution is -0.385. The number of rotatable bonds is 5. The second-order valence-corrected chi connectivity index (χ2v) is 5.86. The predicted molar refractivity (Wildman–Crippen MR) is 79.7 cm³/mol. The third-order valence-corrected chi connectivity index (χ3v) is 3.67. The average molecular weight is 277 g/mol. The molecule has 1 aliphatic heterocycles. The Balaban J connectivity index is 1.91. The minimum atomic E-state index is -0.287. The highest BCUT2D eigenvalue weighted by molar-refractivity contribution is 5.39. The zero-order chi connectivity index (χ0) is 14.5. The molecule has 0 atom stereocenters. The van der Waals surface area contributed by atoms with Gasteiger partial charge in [0.15, 0.2) is 0 Å². The van der Waals surface area contributed by atoms with Gasteiger partial charge in [0.2, 0.25) is 0 Å². The van der Waals surface area contributed by atoms with Crippen LogP contribution in [0.3, 0.4) is 0 Å². The summed E-state index contributed by atoms with van der Waals surface area (Å²) in [4.78, 5) is 15.5. The topological polar surface area (TPSA) is 49.6 Å². The van der Waals surface area contributed by atoms with E-state index in [1.807, 2.05) is 12.1 Å². The van der Waals surface area contributed by atoms with Crippen molar-refractivity contribution in [3.05, 3.63) is 39.9 Å². The van der Waals surface area contributed by atoms with Crippen LogP contribution in [0.5, 0.6) is 0 Å². The number of hydrogen-bond acceptors (Lipinski definition) is 4.